The van der Waals surface area contributed by atoms with Crippen molar-refractivity contribution in [2.75, 3.05) is 26.4 Å². The van der Waals surface area contributed by atoms with E-state index in [1.165, 1.54) is 0 Å². The van der Waals surface area contributed by atoms with Crippen LogP contribution < -0.4 is 5.32 Å². The maximum Gasteiger partial charge on any atom is 0.0753 e. The van der Waals surface area contributed by atoms with Gasteiger partial charge in [-0.1, -0.05) is 20.8 Å². The van der Waals surface area contributed by atoms with E-state index in [1.807, 2.05) is 0 Å². The van der Waals surface area contributed by atoms with Crippen molar-refractivity contribution in [1.29, 1.82) is 0 Å². The van der Waals surface area contributed by atoms with Crippen molar-refractivity contribution in [3.8, 4) is 0 Å². The molecular formula is C14H29NO2. The van der Waals surface area contributed by atoms with E-state index in [9.17, 15) is 0 Å². The van der Waals surface area contributed by atoms with Gasteiger partial charge in [0.2, 0.25) is 0 Å². The van der Waals surface area contributed by atoms with E-state index < -0.39 is 0 Å². The predicted molar refractivity (Wildman–Crippen MR) is 71.3 cm³/mol. The third-order valence-electron chi connectivity index (χ3n) is 3.58. The number of hydrogen-bond acceptors (Lipinski definition) is 3. The topological polar surface area (TPSA) is 30.5 Å². The molecule has 3 heteroatoms. The summed E-state index contributed by atoms with van der Waals surface area (Å²) in [5.74, 6) is 1.25. The van der Waals surface area contributed by atoms with Gasteiger partial charge < -0.3 is 14.8 Å². The van der Waals surface area contributed by atoms with Crippen LogP contribution in [0.4, 0.5) is 0 Å². The summed E-state index contributed by atoms with van der Waals surface area (Å²) in [5, 5.41) is 3.64. The molecule has 0 saturated carbocycles. The molecule has 0 radical (unpaired) electrons. The Morgan fingerprint density at radius 3 is 2.35 bits per heavy atom. The number of rotatable bonds is 7. The highest BCUT2D eigenvalue weighted by Crippen LogP contribution is 2.25. The Morgan fingerprint density at radius 2 is 1.88 bits per heavy atom. The summed E-state index contributed by atoms with van der Waals surface area (Å²) in [6, 6.07) is 0.476. The highest BCUT2D eigenvalue weighted by molar-refractivity contribution is 4.86. The smallest absolute Gasteiger partial charge is 0.0753 e. The Morgan fingerprint density at radius 1 is 1.24 bits per heavy atom. The molecule has 1 saturated heterocycles. The standard InChI is InChI=1S/C14H29NO2/c1-5-15-13(12-7-9-16-10-8-12)14(11(3)4)17-6-2/h11-15H,5-10H2,1-4H3. The van der Waals surface area contributed by atoms with Crippen LogP contribution in [0.15, 0.2) is 0 Å². The third-order valence-corrected chi connectivity index (χ3v) is 3.58. The van der Waals surface area contributed by atoms with E-state index in [-0.39, 0.29) is 0 Å². The summed E-state index contributed by atoms with van der Waals surface area (Å²) >= 11 is 0. The lowest BCUT2D eigenvalue weighted by molar-refractivity contribution is -0.0327. The van der Waals surface area contributed by atoms with Crippen LogP contribution in [0.1, 0.15) is 40.5 Å². The fourth-order valence-electron chi connectivity index (χ4n) is 2.76. The second-order valence-corrected chi connectivity index (χ2v) is 5.20. The van der Waals surface area contributed by atoms with Gasteiger partial charge in [-0.05, 0) is 38.1 Å². The highest BCUT2D eigenvalue weighted by Gasteiger charge is 2.32. The molecule has 1 aliphatic heterocycles. The third kappa shape index (κ3) is 4.57. The average Bonchev–Trinajstić information content (AvgIpc) is 2.34. The fraction of sp³-hybridized carbons (Fsp3) is 1.00. The first-order valence-corrected chi connectivity index (χ1v) is 7.13. The molecule has 1 N–H and O–H groups in total. The summed E-state index contributed by atoms with van der Waals surface area (Å²) in [4.78, 5) is 0. The maximum absolute atomic E-state index is 5.97. The van der Waals surface area contributed by atoms with Gasteiger partial charge in [-0.3, -0.25) is 0 Å². The molecule has 1 aliphatic rings. The minimum Gasteiger partial charge on any atom is -0.381 e. The molecule has 1 heterocycles. The van der Waals surface area contributed by atoms with Gasteiger partial charge >= 0.3 is 0 Å². The monoisotopic (exact) mass is 243 g/mol. The summed E-state index contributed by atoms with van der Waals surface area (Å²) in [6.07, 6.45) is 2.64. The van der Waals surface area contributed by atoms with Gasteiger partial charge in [0.15, 0.2) is 0 Å². The number of hydrogen-bond donors (Lipinski definition) is 1. The van der Waals surface area contributed by atoms with Crippen LogP contribution in [0.25, 0.3) is 0 Å². The lowest BCUT2D eigenvalue weighted by Gasteiger charge is -2.38. The van der Waals surface area contributed by atoms with Crippen molar-refractivity contribution < 1.29 is 9.47 Å². The Labute approximate surface area is 106 Å². The van der Waals surface area contributed by atoms with Crippen LogP contribution in [0.3, 0.4) is 0 Å². The second kappa shape index (κ2) is 8.06. The van der Waals surface area contributed by atoms with Crippen molar-refractivity contribution in [2.24, 2.45) is 11.8 Å². The van der Waals surface area contributed by atoms with Gasteiger partial charge in [0, 0.05) is 25.9 Å². The molecule has 3 nitrogen and oxygen atoms in total. The summed E-state index contributed by atoms with van der Waals surface area (Å²) in [7, 11) is 0. The Bertz CT molecular complexity index is 191. The normalized spacial score (nSPS) is 21.7. The molecular weight excluding hydrogens is 214 g/mol. The quantitative estimate of drug-likeness (QED) is 0.745. The Balaban J connectivity index is 2.65. The van der Waals surface area contributed by atoms with Crippen LogP contribution >= 0.6 is 0 Å². The van der Waals surface area contributed by atoms with E-state index >= 15 is 0 Å². The zero-order valence-electron chi connectivity index (χ0n) is 11.9. The van der Waals surface area contributed by atoms with Gasteiger partial charge in [-0.2, -0.15) is 0 Å². The zero-order chi connectivity index (χ0) is 12.7. The highest BCUT2D eigenvalue weighted by atomic mass is 16.5. The lowest BCUT2D eigenvalue weighted by Crippen LogP contribution is -2.50. The minimum absolute atomic E-state index is 0.322. The molecule has 0 amide bonds. The molecule has 0 aromatic rings. The number of nitrogens with one attached hydrogen (secondary N) is 1. The molecule has 0 aromatic carbocycles. The van der Waals surface area contributed by atoms with Crippen molar-refractivity contribution >= 4 is 0 Å². The van der Waals surface area contributed by atoms with E-state index in [0.29, 0.717) is 24.0 Å². The maximum atomic E-state index is 5.97. The van der Waals surface area contributed by atoms with E-state index in [0.717, 1.165) is 39.2 Å². The first kappa shape index (κ1) is 14.9. The minimum atomic E-state index is 0.322. The second-order valence-electron chi connectivity index (χ2n) is 5.20. The molecule has 17 heavy (non-hydrogen) atoms. The van der Waals surface area contributed by atoms with Crippen LogP contribution in [-0.4, -0.2) is 38.5 Å². The SMILES string of the molecule is CCNC(C1CCOCC1)C(OCC)C(C)C. The van der Waals surface area contributed by atoms with Gasteiger partial charge in [-0.25, -0.2) is 0 Å². The van der Waals surface area contributed by atoms with Crippen molar-refractivity contribution in [1.82, 2.24) is 5.32 Å². The van der Waals surface area contributed by atoms with Crippen LogP contribution in [0.5, 0.6) is 0 Å². The fourth-order valence-corrected chi connectivity index (χ4v) is 2.76. The van der Waals surface area contributed by atoms with Gasteiger partial charge in [0.1, 0.15) is 0 Å². The first-order valence-electron chi connectivity index (χ1n) is 7.13. The molecule has 1 fully saturated rings. The molecule has 0 bridgehead atoms. The Kier molecular flexibility index (Phi) is 7.09. The molecule has 0 aromatic heterocycles. The van der Waals surface area contributed by atoms with E-state index in [1.54, 1.807) is 0 Å². The van der Waals surface area contributed by atoms with Crippen molar-refractivity contribution in [3.63, 3.8) is 0 Å². The summed E-state index contributed by atoms with van der Waals surface area (Å²) in [6.45, 7) is 12.4. The van der Waals surface area contributed by atoms with Crippen molar-refractivity contribution in [2.45, 2.75) is 52.7 Å². The lowest BCUT2D eigenvalue weighted by atomic mass is 9.84. The first-order chi connectivity index (χ1) is 8.20. The molecule has 2 atom stereocenters. The van der Waals surface area contributed by atoms with Crippen LogP contribution in [0.2, 0.25) is 0 Å². The molecule has 2 unspecified atom stereocenters. The van der Waals surface area contributed by atoms with Crippen LogP contribution in [-0.2, 0) is 9.47 Å². The number of ether oxygens (including phenoxy) is 2. The molecule has 102 valence electrons. The molecule has 0 aliphatic carbocycles. The zero-order valence-corrected chi connectivity index (χ0v) is 11.9. The average molecular weight is 243 g/mol. The molecule has 1 rings (SSSR count). The van der Waals surface area contributed by atoms with Gasteiger partial charge in [-0.15, -0.1) is 0 Å². The van der Waals surface area contributed by atoms with Gasteiger partial charge in [0.25, 0.3) is 0 Å². The van der Waals surface area contributed by atoms with E-state index in [2.05, 4.69) is 33.0 Å². The molecule has 0 spiro atoms. The van der Waals surface area contributed by atoms with Crippen LogP contribution in [0, 0.1) is 11.8 Å². The van der Waals surface area contributed by atoms with E-state index in [4.69, 9.17) is 9.47 Å². The number of likely N-dealkylation sites (N-methyl/N-ethyl adjacent to an activating group) is 1. The summed E-state index contributed by atoms with van der Waals surface area (Å²) < 4.78 is 11.4. The Hall–Kier alpha value is -0.120. The van der Waals surface area contributed by atoms with Crippen molar-refractivity contribution in [3.05, 3.63) is 0 Å². The largest absolute Gasteiger partial charge is 0.381 e. The van der Waals surface area contributed by atoms with Gasteiger partial charge in [0.05, 0.1) is 6.10 Å². The summed E-state index contributed by atoms with van der Waals surface area (Å²) in [5.41, 5.74) is 0. The predicted octanol–water partition coefficient (Wildman–Crippen LogP) is 2.45.